The molecule has 1 aromatic heterocycles. The van der Waals surface area contributed by atoms with Gasteiger partial charge in [-0.2, -0.15) is 4.99 Å². The number of aryl methyl sites for hydroxylation is 1. The molecular formula is C18H17FN2OS2. The summed E-state index contributed by atoms with van der Waals surface area (Å²) < 4.78 is 16.6. The first-order valence-corrected chi connectivity index (χ1v) is 9.52. The predicted octanol–water partition coefficient (Wildman–Crippen LogP) is 4.47. The van der Waals surface area contributed by atoms with Gasteiger partial charge in [0.2, 0.25) is 5.91 Å². The van der Waals surface area contributed by atoms with Gasteiger partial charge in [-0.1, -0.05) is 35.6 Å². The van der Waals surface area contributed by atoms with E-state index in [-0.39, 0.29) is 11.7 Å². The van der Waals surface area contributed by atoms with Gasteiger partial charge in [0.15, 0.2) is 4.80 Å². The maximum atomic E-state index is 14.0. The number of para-hydroxylation sites is 1. The van der Waals surface area contributed by atoms with Crippen molar-refractivity contribution in [3.05, 3.63) is 59.1 Å². The van der Waals surface area contributed by atoms with E-state index in [0.717, 1.165) is 9.60 Å². The summed E-state index contributed by atoms with van der Waals surface area (Å²) in [6.45, 7) is 2.50. The quantitative estimate of drug-likeness (QED) is 0.629. The molecule has 0 saturated carbocycles. The lowest BCUT2D eigenvalue weighted by molar-refractivity contribution is -0.117. The summed E-state index contributed by atoms with van der Waals surface area (Å²) in [5.74, 6) is 0.226. The van der Waals surface area contributed by atoms with Crippen molar-refractivity contribution >= 4 is 39.2 Å². The van der Waals surface area contributed by atoms with Crippen LogP contribution in [0, 0.1) is 5.82 Å². The number of benzene rings is 2. The van der Waals surface area contributed by atoms with Crippen LogP contribution in [0.5, 0.6) is 0 Å². The fourth-order valence-electron chi connectivity index (χ4n) is 2.40. The minimum atomic E-state index is -0.279. The van der Waals surface area contributed by atoms with E-state index in [9.17, 15) is 9.18 Å². The van der Waals surface area contributed by atoms with E-state index in [1.54, 1.807) is 22.4 Å². The number of carbonyl (C=O) groups is 1. The second-order valence-electron chi connectivity index (χ2n) is 5.13. The number of thioether (sulfide) groups is 1. The van der Waals surface area contributed by atoms with Crippen molar-refractivity contribution in [2.45, 2.75) is 24.8 Å². The van der Waals surface area contributed by atoms with Crippen molar-refractivity contribution in [1.29, 1.82) is 0 Å². The third kappa shape index (κ3) is 3.76. The summed E-state index contributed by atoms with van der Waals surface area (Å²) in [4.78, 5) is 18.1. The van der Waals surface area contributed by atoms with E-state index >= 15 is 0 Å². The van der Waals surface area contributed by atoms with Crippen LogP contribution in [-0.2, 0) is 11.3 Å². The van der Waals surface area contributed by atoms with Gasteiger partial charge in [-0.05, 0) is 31.2 Å². The Kier molecular flexibility index (Phi) is 5.48. The molecule has 124 valence electrons. The lowest BCUT2D eigenvalue weighted by atomic mass is 10.3. The Balaban J connectivity index is 1.77. The van der Waals surface area contributed by atoms with Gasteiger partial charge in [0, 0.05) is 23.6 Å². The lowest BCUT2D eigenvalue weighted by Crippen LogP contribution is -2.16. The summed E-state index contributed by atoms with van der Waals surface area (Å²) in [6.07, 6.45) is 0.361. The van der Waals surface area contributed by atoms with Crippen LogP contribution in [0.15, 0.2) is 58.4 Å². The highest BCUT2D eigenvalue weighted by Crippen LogP contribution is 2.21. The van der Waals surface area contributed by atoms with Gasteiger partial charge in [-0.3, -0.25) is 4.79 Å². The first kappa shape index (κ1) is 16.9. The number of fused-ring (bicyclic) bond motifs is 1. The second-order valence-corrected chi connectivity index (χ2v) is 7.31. The molecule has 6 heteroatoms. The normalized spacial score (nSPS) is 12.0. The van der Waals surface area contributed by atoms with Crippen LogP contribution < -0.4 is 4.80 Å². The maximum Gasteiger partial charge on any atom is 0.249 e. The van der Waals surface area contributed by atoms with Gasteiger partial charge in [0.1, 0.15) is 5.82 Å². The topological polar surface area (TPSA) is 34.4 Å². The molecule has 0 fully saturated rings. The van der Waals surface area contributed by atoms with Crippen LogP contribution in [0.2, 0.25) is 0 Å². The predicted molar refractivity (Wildman–Crippen MR) is 97.8 cm³/mol. The van der Waals surface area contributed by atoms with Crippen LogP contribution in [0.3, 0.4) is 0 Å². The number of hydrogen-bond donors (Lipinski definition) is 0. The smallest absolute Gasteiger partial charge is 0.249 e. The first-order valence-electron chi connectivity index (χ1n) is 7.72. The van der Waals surface area contributed by atoms with E-state index in [4.69, 9.17) is 0 Å². The minimum absolute atomic E-state index is 0.174. The van der Waals surface area contributed by atoms with Crippen molar-refractivity contribution in [3.63, 3.8) is 0 Å². The molecule has 0 aliphatic carbocycles. The Morgan fingerprint density at radius 2 is 2.00 bits per heavy atom. The van der Waals surface area contributed by atoms with E-state index in [2.05, 4.69) is 4.99 Å². The number of nitrogens with zero attached hydrogens (tertiary/aromatic N) is 2. The van der Waals surface area contributed by atoms with E-state index in [1.807, 2.05) is 43.3 Å². The lowest BCUT2D eigenvalue weighted by Gasteiger charge is -2.01. The molecule has 3 nitrogen and oxygen atoms in total. The zero-order valence-electron chi connectivity index (χ0n) is 13.2. The van der Waals surface area contributed by atoms with Crippen LogP contribution in [0.1, 0.15) is 13.3 Å². The zero-order valence-corrected chi connectivity index (χ0v) is 14.9. The third-order valence-electron chi connectivity index (χ3n) is 3.52. The second kappa shape index (κ2) is 7.77. The van der Waals surface area contributed by atoms with Gasteiger partial charge in [-0.15, -0.1) is 11.8 Å². The van der Waals surface area contributed by atoms with Crippen molar-refractivity contribution in [3.8, 4) is 0 Å². The molecule has 24 heavy (non-hydrogen) atoms. The Labute approximate surface area is 147 Å². The molecule has 0 unspecified atom stereocenters. The average Bonchev–Trinajstić information content (AvgIpc) is 2.94. The molecule has 1 heterocycles. The maximum absolute atomic E-state index is 14.0. The van der Waals surface area contributed by atoms with Gasteiger partial charge in [0.05, 0.1) is 10.2 Å². The Hall–Kier alpha value is -1.92. The molecule has 0 bridgehead atoms. The Bertz CT molecular complexity index is 916. The summed E-state index contributed by atoms with van der Waals surface area (Å²) in [5, 5.41) is 0. The Morgan fingerprint density at radius 1 is 1.21 bits per heavy atom. The standard InChI is InChI=1S/C18H17FN2OS2/c1-2-21-17-14(19)9-6-10-15(17)24-18(21)20-16(22)11-12-23-13-7-4-3-5-8-13/h3-10H,2,11-12H2,1H3. The molecule has 0 N–H and O–H groups in total. The minimum Gasteiger partial charge on any atom is -0.314 e. The number of carbonyl (C=O) groups excluding carboxylic acids is 1. The number of aromatic nitrogens is 1. The van der Waals surface area contributed by atoms with E-state index in [0.29, 0.717) is 29.0 Å². The number of hydrogen-bond acceptors (Lipinski definition) is 3. The molecule has 2 aromatic carbocycles. The van der Waals surface area contributed by atoms with Crippen LogP contribution in [0.4, 0.5) is 4.39 Å². The van der Waals surface area contributed by atoms with Gasteiger partial charge < -0.3 is 4.57 Å². The highest BCUT2D eigenvalue weighted by Gasteiger charge is 2.10. The highest BCUT2D eigenvalue weighted by molar-refractivity contribution is 7.99. The summed E-state index contributed by atoms with van der Waals surface area (Å²) in [7, 11) is 0. The SMILES string of the molecule is CCn1c(=NC(=O)CCSc2ccccc2)sc2cccc(F)c21. The van der Waals surface area contributed by atoms with Crippen molar-refractivity contribution < 1.29 is 9.18 Å². The summed E-state index contributed by atoms with van der Waals surface area (Å²) in [6, 6.07) is 14.9. The molecule has 3 aromatic rings. The van der Waals surface area contributed by atoms with Crippen molar-refractivity contribution in [2.24, 2.45) is 4.99 Å². The molecule has 0 aliphatic heterocycles. The van der Waals surface area contributed by atoms with Crippen LogP contribution in [-0.4, -0.2) is 16.2 Å². The van der Waals surface area contributed by atoms with Gasteiger partial charge >= 0.3 is 0 Å². The molecule has 0 spiro atoms. The van der Waals surface area contributed by atoms with Gasteiger partial charge in [0.25, 0.3) is 0 Å². The average molecular weight is 360 g/mol. The zero-order chi connectivity index (χ0) is 16.9. The number of amides is 1. The molecule has 1 amide bonds. The Morgan fingerprint density at radius 3 is 2.75 bits per heavy atom. The van der Waals surface area contributed by atoms with Crippen molar-refractivity contribution in [1.82, 2.24) is 4.57 Å². The fourth-order valence-corrected chi connectivity index (χ4v) is 4.39. The van der Waals surface area contributed by atoms with Gasteiger partial charge in [-0.25, -0.2) is 4.39 Å². The molecule has 0 radical (unpaired) electrons. The number of rotatable bonds is 5. The number of thiazole rings is 1. The molecule has 3 rings (SSSR count). The monoisotopic (exact) mass is 360 g/mol. The van der Waals surface area contributed by atoms with Crippen molar-refractivity contribution in [2.75, 3.05) is 5.75 Å². The van der Waals surface area contributed by atoms with E-state index < -0.39 is 0 Å². The fraction of sp³-hybridized carbons (Fsp3) is 0.222. The third-order valence-corrected chi connectivity index (χ3v) is 5.57. The molecule has 0 atom stereocenters. The van der Waals surface area contributed by atoms with Crippen LogP contribution >= 0.6 is 23.1 Å². The molecule has 0 aliphatic rings. The first-order chi connectivity index (χ1) is 11.7. The highest BCUT2D eigenvalue weighted by atomic mass is 32.2. The molecule has 0 saturated heterocycles. The van der Waals surface area contributed by atoms with E-state index in [1.165, 1.54) is 17.4 Å². The summed E-state index contributed by atoms with van der Waals surface area (Å²) in [5.41, 5.74) is 0.523. The number of halogens is 1. The summed E-state index contributed by atoms with van der Waals surface area (Å²) >= 11 is 2.98. The van der Waals surface area contributed by atoms with Crippen LogP contribution in [0.25, 0.3) is 10.2 Å². The molecular weight excluding hydrogens is 343 g/mol. The largest absolute Gasteiger partial charge is 0.314 e.